The topological polar surface area (TPSA) is 52.9 Å². The first-order chi connectivity index (χ1) is 5.90. The van der Waals surface area contributed by atoms with E-state index in [1.807, 2.05) is 0 Å². The van der Waals surface area contributed by atoms with Gasteiger partial charge in [-0.05, 0) is 19.3 Å². The van der Waals surface area contributed by atoms with Gasteiger partial charge in [0.1, 0.15) is 5.54 Å². The molecule has 0 spiro atoms. The first-order valence-electron chi connectivity index (χ1n) is 3.70. The van der Waals surface area contributed by atoms with E-state index in [2.05, 4.69) is 0 Å². The number of rotatable bonds is 1. The molecular formula is C7H7F3N2O. The van der Waals surface area contributed by atoms with Crippen LogP contribution < -0.4 is 5.32 Å². The molecule has 0 heterocycles. The Morgan fingerprint density at radius 3 is 2.23 bits per heavy atom. The lowest BCUT2D eigenvalue weighted by Crippen LogP contribution is -2.55. The molecule has 0 atom stereocenters. The predicted octanol–water partition coefficient (Wildman–Crippen LogP) is 1.11. The van der Waals surface area contributed by atoms with Crippen molar-refractivity contribution in [2.24, 2.45) is 0 Å². The Kier molecular flexibility index (Phi) is 2.20. The highest BCUT2D eigenvalue weighted by Gasteiger charge is 2.46. The van der Waals surface area contributed by atoms with Crippen LogP contribution in [0.5, 0.6) is 0 Å². The fourth-order valence-corrected chi connectivity index (χ4v) is 1.08. The molecule has 72 valence electrons. The largest absolute Gasteiger partial charge is 0.471 e. The first-order valence-corrected chi connectivity index (χ1v) is 3.70. The Bertz CT molecular complexity index is 262. The van der Waals surface area contributed by atoms with Crippen molar-refractivity contribution < 1.29 is 18.0 Å². The highest BCUT2D eigenvalue weighted by atomic mass is 19.4. The van der Waals surface area contributed by atoms with Gasteiger partial charge in [-0.2, -0.15) is 18.4 Å². The summed E-state index contributed by atoms with van der Waals surface area (Å²) in [5.74, 6) is -2.03. The van der Waals surface area contributed by atoms with Gasteiger partial charge in [0.15, 0.2) is 0 Å². The minimum absolute atomic E-state index is 0.297. The Morgan fingerprint density at radius 1 is 1.46 bits per heavy atom. The molecule has 6 heteroatoms. The number of nitriles is 1. The minimum Gasteiger partial charge on any atom is -0.330 e. The maximum absolute atomic E-state index is 11.8. The summed E-state index contributed by atoms with van der Waals surface area (Å²) in [5, 5.41) is 10.2. The molecule has 1 aliphatic rings. The number of halogens is 3. The molecule has 0 aromatic heterocycles. The van der Waals surface area contributed by atoms with Crippen LogP contribution in [0.1, 0.15) is 19.3 Å². The molecule has 1 aliphatic carbocycles. The number of alkyl halides is 3. The Hall–Kier alpha value is -1.25. The number of hydrogen-bond acceptors (Lipinski definition) is 2. The number of carbonyl (C=O) groups is 1. The molecule has 1 amide bonds. The monoisotopic (exact) mass is 192 g/mol. The maximum atomic E-state index is 11.8. The lowest BCUT2D eigenvalue weighted by molar-refractivity contribution is -0.175. The average molecular weight is 192 g/mol. The van der Waals surface area contributed by atoms with E-state index < -0.39 is 17.6 Å². The highest BCUT2D eigenvalue weighted by molar-refractivity contribution is 5.83. The van der Waals surface area contributed by atoms with Crippen molar-refractivity contribution >= 4 is 5.91 Å². The van der Waals surface area contributed by atoms with Crippen molar-refractivity contribution in [3.63, 3.8) is 0 Å². The first kappa shape index (κ1) is 9.84. The second kappa shape index (κ2) is 2.91. The van der Waals surface area contributed by atoms with Gasteiger partial charge in [0.2, 0.25) is 0 Å². The Morgan fingerprint density at radius 2 is 2.00 bits per heavy atom. The standard InChI is InChI=1S/C7H7F3N2O/c8-7(9,10)5(13)12-6(4-11)2-1-3-6/h1-3H2,(H,12,13). The highest BCUT2D eigenvalue weighted by Crippen LogP contribution is 2.32. The van der Waals surface area contributed by atoms with Crippen LogP contribution in [0, 0.1) is 11.3 Å². The summed E-state index contributed by atoms with van der Waals surface area (Å²) in [5.41, 5.74) is -1.27. The number of hydrogen-bond donors (Lipinski definition) is 1. The van der Waals surface area contributed by atoms with Crippen molar-refractivity contribution in [3.8, 4) is 6.07 Å². The van der Waals surface area contributed by atoms with Crippen LogP contribution in [0.4, 0.5) is 13.2 Å². The van der Waals surface area contributed by atoms with Crippen LogP contribution in [0.15, 0.2) is 0 Å². The van der Waals surface area contributed by atoms with Crippen LogP contribution in [-0.4, -0.2) is 17.6 Å². The van der Waals surface area contributed by atoms with E-state index in [9.17, 15) is 18.0 Å². The Labute approximate surface area is 72.5 Å². The summed E-state index contributed by atoms with van der Waals surface area (Å²) >= 11 is 0. The second-order valence-corrected chi connectivity index (χ2v) is 3.00. The zero-order valence-corrected chi connectivity index (χ0v) is 6.61. The van der Waals surface area contributed by atoms with Gasteiger partial charge >= 0.3 is 12.1 Å². The molecule has 0 aromatic rings. The van der Waals surface area contributed by atoms with E-state index in [4.69, 9.17) is 5.26 Å². The van der Waals surface area contributed by atoms with Crippen molar-refractivity contribution in [2.45, 2.75) is 31.0 Å². The van der Waals surface area contributed by atoms with E-state index in [0.717, 1.165) is 0 Å². The van der Waals surface area contributed by atoms with E-state index in [1.165, 1.54) is 0 Å². The van der Waals surface area contributed by atoms with Crippen LogP contribution in [0.2, 0.25) is 0 Å². The average Bonchev–Trinajstić information content (AvgIpc) is 1.94. The van der Waals surface area contributed by atoms with Crippen LogP contribution in [-0.2, 0) is 4.79 Å². The van der Waals surface area contributed by atoms with Gasteiger partial charge in [-0.15, -0.1) is 0 Å². The molecule has 0 aromatic carbocycles. The van der Waals surface area contributed by atoms with Crippen molar-refractivity contribution in [1.82, 2.24) is 5.32 Å². The van der Waals surface area contributed by atoms with Gasteiger partial charge in [0.05, 0.1) is 6.07 Å². The zero-order valence-electron chi connectivity index (χ0n) is 6.61. The third-order valence-corrected chi connectivity index (χ3v) is 2.03. The predicted molar refractivity (Wildman–Crippen MR) is 36.4 cm³/mol. The van der Waals surface area contributed by atoms with Gasteiger partial charge < -0.3 is 5.32 Å². The molecular weight excluding hydrogens is 185 g/mol. The summed E-state index contributed by atoms with van der Waals surface area (Å²) in [6, 6.07) is 1.69. The molecule has 0 saturated heterocycles. The molecule has 13 heavy (non-hydrogen) atoms. The molecule has 0 radical (unpaired) electrons. The number of carbonyl (C=O) groups excluding carboxylic acids is 1. The second-order valence-electron chi connectivity index (χ2n) is 3.00. The third kappa shape index (κ3) is 1.91. The van der Waals surface area contributed by atoms with E-state index in [0.29, 0.717) is 19.3 Å². The van der Waals surface area contributed by atoms with E-state index in [-0.39, 0.29) is 0 Å². The van der Waals surface area contributed by atoms with Crippen molar-refractivity contribution in [2.75, 3.05) is 0 Å². The third-order valence-electron chi connectivity index (χ3n) is 2.03. The van der Waals surface area contributed by atoms with Gasteiger partial charge in [0, 0.05) is 0 Å². The lowest BCUT2D eigenvalue weighted by atomic mass is 9.78. The van der Waals surface area contributed by atoms with Gasteiger partial charge in [0.25, 0.3) is 0 Å². The molecule has 1 fully saturated rings. The number of amides is 1. The summed E-state index contributed by atoms with van der Waals surface area (Å²) in [7, 11) is 0. The smallest absolute Gasteiger partial charge is 0.330 e. The van der Waals surface area contributed by atoms with Crippen LogP contribution >= 0.6 is 0 Å². The van der Waals surface area contributed by atoms with Gasteiger partial charge in [-0.1, -0.05) is 0 Å². The number of nitrogens with zero attached hydrogens (tertiary/aromatic N) is 1. The summed E-state index contributed by atoms with van der Waals surface area (Å²) in [4.78, 5) is 10.4. The van der Waals surface area contributed by atoms with Crippen molar-refractivity contribution in [1.29, 1.82) is 5.26 Å². The summed E-state index contributed by atoms with van der Waals surface area (Å²) in [6.07, 6.45) is -3.64. The molecule has 0 aliphatic heterocycles. The van der Waals surface area contributed by atoms with Crippen LogP contribution in [0.3, 0.4) is 0 Å². The molecule has 1 rings (SSSR count). The van der Waals surface area contributed by atoms with Gasteiger partial charge in [-0.25, -0.2) is 0 Å². The maximum Gasteiger partial charge on any atom is 0.471 e. The molecule has 3 nitrogen and oxygen atoms in total. The normalized spacial score (nSPS) is 19.8. The molecule has 1 saturated carbocycles. The van der Waals surface area contributed by atoms with E-state index >= 15 is 0 Å². The minimum atomic E-state index is -4.90. The lowest BCUT2D eigenvalue weighted by Gasteiger charge is -2.35. The molecule has 0 bridgehead atoms. The Balaban J connectivity index is 2.59. The fraction of sp³-hybridized carbons (Fsp3) is 0.714. The van der Waals surface area contributed by atoms with E-state index in [1.54, 1.807) is 11.4 Å². The zero-order chi connectivity index (χ0) is 10.1. The number of nitrogens with one attached hydrogen (secondary N) is 1. The fourth-order valence-electron chi connectivity index (χ4n) is 1.08. The SMILES string of the molecule is N#CC1(NC(=O)C(F)(F)F)CCC1. The van der Waals surface area contributed by atoms with Gasteiger partial charge in [-0.3, -0.25) is 4.79 Å². The van der Waals surface area contributed by atoms with Crippen LogP contribution in [0.25, 0.3) is 0 Å². The summed E-state index contributed by atoms with van der Waals surface area (Å²) in [6.45, 7) is 0. The quantitative estimate of drug-likeness (QED) is 0.676. The van der Waals surface area contributed by atoms with Crippen molar-refractivity contribution in [3.05, 3.63) is 0 Å². The molecule has 0 unspecified atom stereocenters. The molecule has 1 N–H and O–H groups in total. The summed E-state index contributed by atoms with van der Waals surface area (Å²) < 4.78 is 35.3.